The van der Waals surface area contributed by atoms with E-state index in [0.717, 1.165) is 55.3 Å². The lowest BCUT2D eigenvalue weighted by Crippen LogP contribution is -2.00. The van der Waals surface area contributed by atoms with Crippen LogP contribution in [-0.2, 0) is 0 Å². The van der Waals surface area contributed by atoms with Gasteiger partial charge < -0.3 is 4.42 Å². The molecule has 0 aliphatic rings. The summed E-state index contributed by atoms with van der Waals surface area (Å²) in [5, 5.41) is 9.46. The molecular weight excluding hydrogens is 671 g/mol. The summed E-state index contributed by atoms with van der Waals surface area (Å²) >= 11 is 0. The minimum absolute atomic E-state index is 0.561. The van der Waals surface area contributed by atoms with E-state index in [2.05, 4.69) is 158 Å². The number of nitrogens with zero attached hydrogens (tertiary/aromatic N) is 3. The highest BCUT2D eigenvalue weighted by molar-refractivity contribution is 6.14. The summed E-state index contributed by atoms with van der Waals surface area (Å²) in [4.78, 5) is 15.4. The van der Waals surface area contributed by atoms with Gasteiger partial charge in [0, 0.05) is 21.9 Å². The Hall–Kier alpha value is -7.43. The van der Waals surface area contributed by atoms with E-state index in [-0.39, 0.29) is 0 Å². The summed E-state index contributed by atoms with van der Waals surface area (Å²) in [5.41, 5.74) is 8.79. The first-order valence-corrected chi connectivity index (χ1v) is 18.5. The number of para-hydroxylation sites is 2. The van der Waals surface area contributed by atoms with Crippen LogP contribution in [0.15, 0.2) is 192 Å². The summed E-state index contributed by atoms with van der Waals surface area (Å²) in [6, 6.07) is 65.9. The minimum Gasteiger partial charge on any atom is -0.455 e. The number of hydrogen-bond acceptors (Lipinski definition) is 4. The normalized spacial score (nSPS) is 11.6. The van der Waals surface area contributed by atoms with Crippen molar-refractivity contribution in [3.63, 3.8) is 0 Å². The van der Waals surface area contributed by atoms with Crippen LogP contribution in [0.3, 0.4) is 0 Å². The molecule has 0 saturated heterocycles. The predicted molar refractivity (Wildman–Crippen MR) is 227 cm³/mol. The van der Waals surface area contributed by atoms with E-state index in [4.69, 9.17) is 19.4 Å². The fraction of sp³-hybridized carbons (Fsp3) is 0. The van der Waals surface area contributed by atoms with Crippen molar-refractivity contribution in [2.45, 2.75) is 0 Å². The van der Waals surface area contributed by atoms with Gasteiger partial charge in [-0.3, -0.25) is 0 Å². The predicted octanol–water partition coefficient (Wildman–Crippen LogP) is 13.6. The molecule has 0 radical (unpaired) electrons. The number of benzene rings is 9. The van der Waals surface area contributed by atoms with Crippen LogP contribution in [0.2, 0.25) is 0 Å². The lowest BCUT2D eigenvalue weighted by molar-refractivity contribution is 0.669. The first-order chi connectivity index (χ1) is 27.2. The van der Waals surface area contributed by atoms with Gasteiger partial charge in [0.25, 0.3) is 0 Å². The Bertz CT molecular complexity index is 3270. The van der Waals surface area contributed by atoms with Gasteiger partial charge >= 0.3 is 0 Å². The van der Waals surface area contributed by atoms with Gasteiger partial charge in [-0.1, -0.05) is 158 Å². The average molecular weight is 702 g/mol. The Balaban J connectivity index is 1.07. The van der Waals surface area contributed by atoms with E-state index < -0.39 is 0 Å². The summed E-state index contributed by atoms with van der Waals surface area (Å²) in [5.74, 6) is 1.75. The first kappa shape index (κ1) is 31.1. The maximum Gasteiger partial charge on any atom is 0.167 e. The van der Waals surface area contributed by atoms with Crippen molar-refractivity contribution in [3.05, 3.63) is 188 Å². The molecule has 9 aromatic carbocycles. The average Bonchev–Trinajstić information content (AvgIpc) is 3.65. The highest BCUT2D eigenvalue weighted by Crippen LogP contribution is 2.38. The molecule has 11 rings (SSSR count). The Morgan fingerprint density at radius 1 is 0.291 bits per heavy atom. The summed E-state index contributed by atoms with van der Waals surface area (Å²) in [6.07, 6.45) is 0. The zero-order valence-electron chi connectivity index (χ0n) is 29.6. The quantitative estimate of drug-likeness (QED) is 0.168. The summed E-state index contributed by atoms with van der Waals surface area (Å²) < 4.78 is 6.47. The molecule has 0 N–H and O–H groups in total. The molecule has 11 aromatic rings. The molecule has 4 nitrogen and oxygen atoms in total. The van der Waals surface area contributed by atoms with E-state index in [0.29, 0.717) is 17.5 Å². The van der Waals surface area contributed by atoms with Crippen LogP contribution < -0.4 is 0 Å². The Morgan fingerprint density at radius 2 is 0.873 bits per heavy atom. The fourth-order valence-electron chi connectivity index (χ4n) is 7.98. The number of hydrogen-bond donors (Lipinski definition) is 0. The zero-order valence-corrected chi connectivity index (χ0v) is 29.6. The van der Waals surface area contributed by atoms with Gasteiger partial charge in [0.05, 0.1) is 5.56 Å². The Labute approximate surface area is 317 Å². The standard InChI is InChI=1S/C51H31N3O/c1-2-12-35-29-37(28-23-32(35)11-1)36-14-9-15-39(30-36)50-52-49(53-51(54-50)45-21-10-20-44-43-19-7-8-22-47(43)55-48(44)45)34-26-24-33(25-27-34)46-31-38-13-3-4-16-40(38)41-17-5-6-18-42(41)46/h1-31H. The zero-order chi connectivity index (χ0) is 36.3. The molecule has 0 fully saturated rings. The third-order valence-electron chi connectivity index (χ3n) is 10.7. The van der Waals surface area contributed by atoms with Crippen molar-refractivity contribution in [1.29, 1.82) is 0 Å². The van der Waals surface area contributed by atoms with Crippen molar-refractivity contribution >= 4 is 54.3 Å². The Kier molecular flexibility index (Phi) is 7.14. The highest BCUT2D eigenvalue weighted by Gasteiger charge is 2.18. The third kappa shape index (κ3) is 5.34. The first-order valence-electron chi connectivity index (χ1n) is 18.5. The van der Waals surface area contributed by atoms with Gasteiger partial charge in [-0.2, -0.15) is 0 Å². The number of rotatable bonds is 5. The van der Waals surface area contributed by atoms with Gasteiger partial charge in [0.15, 0.2) is 17.5 Å². The van der Waals surface area contributed by atoms with E-state index in [1.807, 2.05) is 30.3 Å². The second kappa shape index (κ2) is 12.6. The second-order valence-corrected chi connectivity index (χ2v) is 14.0. The summed E-state index contributed by atoms with van der Waals surface area (Å²) in [7, 11) is 0. The van der Waals surface area contributed by atoms with Crippen molar-refractivity contribution in [1.82, 2.24) is 15.0 Å². The Morgan fingerprint density at radius 3 is 1.73 bits per heavy atom. The van der Waals surface area contributed by atoms with E-state index in [1.165, 1.54) is 37.9 Å². The van der Waals surface area contributed by atoms with E-state index in [9.17, 15) is 0 Å². The van der Waals surface area contributed by atoms with Crippen LogP contribution >= 0.6 is 0 Å². The molecule has 2 heterocycles. The highest BCUT2D eigenvalue weighted by atomic mass is 16.3. The van der Waals surface area contributed by atoms with Crippen molar-refractivity contribution in [2.24, 2.45) is 0 Å². The number of fused-ring (bicyclic) bond motifs is 7. The van der Waals surface area contributed by atoms with Crippen LogP contribution in [0.1, 0.15) is 0 Å². The third-order valence-corrected chi connectivity index (χ3v) is 10.7. The van der Waals surface area contributed by atoms with Gasteiger partial charge in [-0.05, 0) is 84.9 Å². The van der Waals surface area contributed by atoms with Crippen LogP contribution in [0.4, 0.5) is 0 Å². The number of furan rings is 1. The van der Waals surface area contributed by atoms with Crippen molar-refractivity contribution in [3.8, 4) is 56.4 Å². The lowest BCUT2D eigenvalue weighted by Gasteiger charge is -2.12. The smallest absolute Gasteiger partial charge is 0.167 e. The maximum atomic E-state index is 6.47. The van der Waals surface area contributed by atoms with E-state index >= 15 is 0 Å². The largest absolute Gasteiger partial charge is 0.455 e. The molecule has 0 saturated carbocycles. The molecule has 0 atom stereocenters. The monoisotopic (exact) mass is 701 g/mol. The molecule has 2 aromatic heterocycles. The van der Waals surface area contributed by atoms with Crippen LogP contribution in [-0.4, -0.2) is 15.0 Å². The topological polar surface area (TPSA) is 51.8 Å². The molecule has 0 aliphatic heterocycles. The molecule has 0 amide bonds. The van der Waals surface area contributed by atoms with Gasteiger partial charge in [-0.15, -0.1) is 0 Å². The molecule has 55 heavy (non-hydrogen) atoms. The maximum absolute atomic E-state index is 6.47. The molecule has 0 spiro atoms. The molecule has 0 aliphatic carbocycles. The molecule has 0 bridgehead atoms. The van der Waals surface area contributed by atoms with Crippen molar-refractivity contribution < 1.29 is 4.42 Å². The van der Waals surface area contributed by atoms with E-state index in [1.54, 1.807) is 0 Å². The van der Waals surface area contributed by atoms with Gasteiger partial charge in [-0.25, -0.2) is 15.0 Å². The molecule has 4 heteroatoms. The van der Waals surface area contributed by atoms with Crippen molar-refractivity contribution in [2.75, 3.05) is 0 Å². The minimum atomic E-state index is 0.561. The summed E-state index contributed by atoms with van der Waals surface area (Å²) in [6.45, 7) is 0. The molecular formula is C51H31N3O. The lowest BCUT2D eigenvalue weighted by atomic mass is 9.93. The van der Waals surface area contributed by atoms with Gasteiger partial charge in [0.2, 0.25) is 0 Å². The second-order valence-electron chi connectivity index (χ2n) is 14.0. The van der Waals surface area contributed by atoms with Crippen LogP contribution in [0, 0.1) is 0 Å². The molecule has 256 valence electrons. The molecule has 0 unspecified atom stereocenters. The van der Waals surface area contributed by atoms with Crippen LogP contribution in [0.5, 0.6) is 0 Å². The number of aromatic nitrogens is 3. The van der Waals surface area contributed by atoms with Crippen LogP contribution in [0.25, 0.3) is 111 Å². The van der Waals surface area contributed by atoms with Gasteiger partial charge in [0.1, 0.15) is 11.2 Å². The fourth-order valence-corrected chi connectivity index (χ4v) is 7.98. The SMILES string of the molecule is c1cc(-c2ccc3ccccc3c2)cc(-c2nc(-c3ccc(-c4cc5ccccc5c5ccccc45)cc3)nc(-c3cccc4c3oc3ccccc34)n2)c1.